The zero-order valence-electron chi connectivity index (χ0n) is 15.8. The number of benzene rings is 1. The summed E-state index contributed by atoms with van der Waals surface area (Å²) < 4.78 is 10.7. The van der Waals surface area contributed by atoms with E-state index in [0.717, 1.165) is 32.1 Å². The third kappa shape index (κ3) is 2.23. The third-order valence-electron chi connectivity index (χ3n) is 8.09. The second kappa shape index (κ2) is 5.73. The molecule has 3 aliphatic carbocycles. The third-order valence-corrected chi connectivity index (χ3v) is 8.09. The van der Waals surface area contributed by atoms with Gasteiger partial charge in [-0.1, -0.05) is 13.0 Å². The molecule has 1 N–H and O–H groups in total. The quantitative estimate of drug-likeness (QED) is 0.607. The summed E-state index contributed by atoms with van der Waals surface area (Å²) in [6, 6.07) is 5.81. The number of aromatic hydroxyl groups is 1. The molecule has 1 aromatic rings. The number of hydrogen-bond acceptors (Lipinski definition) is 5. The average molecular weight is 370 g/mol. The van der Waals surface area contributed by atoms with Crippen LogP contribution in [0, 0.1) is 29.1 Å². The van der Waals surface area contributed by atoms with E-state index in [1.807, 2.05) is 6.07 Å². The molecule has 1 aromatic carbocycles. The normalized spacial score (nSPS) is 41.8. The average Bonchev–Trinajstić information content (AvgIpc) is 3.13. The molecule has 5 rings (SSSR count). The second-order valence-electron chi connectivity index (χ2n) is 9.10. The molecule has 4 aliphatic rings. The highest BCUT2D eigenvalue weighted by atomic mass is 16.6. The first-order valence-corrected chi connectivity index (χ1v) is 10.0. The van der Waals surface area contributed by atoms with Crippen LogP contribution in [0.5, 0.6) is 5.75 Å². The topological polar surface area (TPSA) is 72.8 Å². The van der Waals surface area contributed by atoms with Crippen molar-refractivity contribution in [3.8, 4) is 5.75 Å². The van der Waals surface area contributed by atoms with E-state index in [2.05, 4.69) is 13.0 Å². The maximum atomic E-state index is 12.3. The monoisotopic (exact) mass is 370 g/mol. The van der Waals surface area contributed by atoms with Crippen LogP contribution in [-0.2, 0) is 25.5 Å². The first-order chi connectivity index (χ1) is 12.9. The number of ether oxygens (including phenoxy) is 2. The second-order valence-corrected chi connectivity index (χ2v) is 9.10. The zero-order valence-corrected chi connectivity index (χ0v) is 15.8. The Morgan fingerprint density at radius 3 is 2.89 bits per heavy atom. The molecule has 1 saturated heterocycles. The lowest BCUT2D eigenvalue weighted by atomic mass is 9.55. The fourth-order valence-corrected chi connectivity index (χ4v) is 6.92. The highest BCUT2D eigenvalue weighted by Gasteiger charge is 2.66. The maximum absolute atomic E-state index is 12.3. The van der Waals surface area contributed by atoms with E-state index in [4.69, 9.17) is 9.47 Å². The van der Waals surface area contributed by atoms with Crippen molar-refractivity contribution >= 4 is 11.9 Å². The van der Waals surface area contributed by atoms with Crippen molar-refractivity contribution in [2.24, 2.45) is 29.1 Å². The molecule has 0 amide bonds. The summed E-state index contributed by atoms with van der Waals surface area (Å²) in [5.41, 5.74) is 2.60. The van der Waals surface area contributed by atoms with Crippen LogP contribution in [0.25, 0.3) is 0 Å². The first-order valence-electron chi connectivity index (χ1n) is 10.0. The number of phenolic OH excluding ortho intramolecular Hbond substituents is 1. The number of esters is 2. The van der Waals surface area contributed by atoms with Crippen LogP contribution in [0.3, 0.4) is 0 Å². The lowest BCUT2D eigenvalue weighted by Gasteiger charge is -2.50. The lowest BCUT2D eigenvalue weighted by molar-refractivity contribution is -0.158. The van der Waals surface area contributed by atoms with Crippen molar-refractivity contribution < 1.29 is 24.2 Å². The predicted octanol–water partition coefficient (Wildman–Crippen LogP) is 3.19. The molecule has 0 bridgehead atoms. The van der Waals surface area contributed by atoms with Crippen LogP contribution in [0.4, 0.5) is 0 Å². The van der Waals surface area contributed by atoms with Crippen molar-refractivity contribution in [2.75, 3.05) is 7.11 Å². The SMILES string of the molecule is COC(=O)C1C(=O)OC2[C@@H]1C[C@H]1[C@@H]3CCc4cc(O)ccc4[C@H]3CC[C@]21C. The van der Waals surface area contributed by atoms with Gasteiger partial charge >= 0.3 is 11.9 Å². The van der Waals surface area contributed by atoms with E-state index in [1.54, 1.807) is 6.07 Å². The summed E-state index contributed by atoms with van der Waals surface area (Å²) in [7, 11) is 1.34. The lowest BCUT2D eigenvalue weighted by Crippen LogP contribution is -2.44. The summed E-state index contributed by atoms with van der Waals surface area (Å²) in [6.07, 6.45) is 4.84. The first kappa shape index (κ1) is 17.1. The molecule has 2 saturated carbocycles. The van der Waals surface area contributed by atoms with Crippen LogP contribution in [-0.4, -0.2) is 30.3 Å². The molecule has 0 radical (unpaired) electrons. The Balaban J connectivity index is 1.48. The van der Waals surface area contributed by atoms with Gasteiger partial charge in [-0.15, -0.1) is 0 Å². The fourth-order valence-electron chi connectivity index (χ4n) is 6.92. The molecule has 1 aliphatic heterocycles. The summed E-state index contributed by atoms with van der Waals surface area (Å²) in [6.45, 7) is 2.26. The summed E-state index contributed by atoms with van der Waals surface area (Å²) in [5, 5.41) is 9.82. The largest absolute Gasteiger partial charge is 0.508 e. The molecule has 144 valence electrons. The van der Waals surface area contributed by atoms with Crippen LogP contribution in [0.2, 0.25) is 0 Å². The van der Waals surface area contributed by atoms with Crippen molar-refractivity contribution in [3.63, 3.8) is 0 Å². The van der Waals surface area contributed by atoms with Gasteiger partial charge in [0.05, 0.1) is 7.11 Å². The molecule has 5 heteroatoms. The summed E-state index contributed by atoms with van der Waals surface area (Å²) in [5.74, 6) is 0.180. The molecular formula is C22H26O5. The Kier molecular flexibility index (Phi) is 3.62. The van der Waals surface area contributed by atoms with E-state index in [0.29, 0.717) is 23.5 Å². The van der Waals surface area contributed by atoms with Gasteiger partial charge in [0.2, 0.25) is 0 Å². The van der Waals surface area contributed by atoms with Gasteiger partial charge in [0.15, 0.2) is 5.92 Å². The van der Waals surface area contributed by atoms with Gasteiger partial charge < -0.3 is 14.6 Å². The van der Waals surface area contributed by atoms with Gasteiger partial charge in [-0.2, -0.15) is 0 Å². The number of methoxy groups -OCH3 is 1. The number of fused-ring (bicyclic) bond motifs is 7. The van der Waals surface area contributed by atoms with Gasteiger partial charge in [-0.05, 0) is 73.1 Å². The van der Waals surface area contributed by atoms with Gasteiger partial charge in [-0.25, -0.2) is 0 Å². The number of carbonyl (C=O) groups is 2. The van der Waals surface area contributed by atoms with Crippen LogP contribution >= 0.6 is 0 Å². The van der Waals surface area contributed by atoms with Crippen molar-refractivity contribution in [2.45, 2.75) is 51.0 Å². The minimum absolute atomic E-state index is 0.0556. The molecule has 7 atom stereocenters. The van der Waals surface area contributed by atoms with Crippen molar-refractivity contribution in [3.05, 3.63) is 29.3 Å². The van der Waals surface area contributed by atoms with E-state index in [-0.39, 0.29) is 17.4 Å². The molecule has 0 spiro atoms. The van der Waals surface area contributed by atoms with Crippen molar-refractivity contribution in [1.82, 2.24) is 0 Å². The van der Waals surface area contributed by atoms with Crippen molar-refractivity contribution in [1.29, 1.82) is 0 Å². The van der Waals surface area contributed by atoms with Gasteiger partial charge in [0, 0.05) is 11.3 Å². The summed E-state index contributed by atoms with van der Waals surface area (Å²) in [4.78, 5) is 24.5. The highest BCUT2D eigenvalue weighted by molar-refractivity contribution is 5.97. The molecule has 27 heavy (non-hydrogen) atoms. The van der Waals surface area contributed by atoms with Gasteiger partial charge in [-0.3, -0.25) is 9.59 Å². The van der Waals surface area contributed by atoms with E-state index in [1.165, 1.54) is 18.2 Å². The van der Waals surface area contributed by atoms with Crippen LogP contribution in [0.15, 0.2) is 18.2 Å². The molecule has 3 fully saturated rings. The highest BCUT2D eigenvalue weighted by Crippen LogP contribution is 2.65. The Labute approximate surface area is 159 Å². The fraction of sp³-hybridized carbons (Fsp3) is 0.636. The number of carbonyl (C=O) groups excluding carboxylic acids is 2. The predicted molar refractivity (Wildman–Crippen MR) is 97.0 cm³/mol. The van der Waals surface area contributed by atoms with Crippen LogP contribution in [0.1, 0.15) is 49.7 Å². The molecule has 2 unspecified atom stereocenters. The minimum atomic E-state index is -0.756. The maximum Gasteiger partial charge on any atom is 0.321 e. The van der Waals surface area contributed by atoms with E-state index < -0.39 is 17.9 Å². The summed E-state index contributed by atoms with van der Waals surface area (Å²) >= 11 is 0. The smallest absolute Gasteiger partial charge is 0.321 e. The standard InChI is InChI=1S/C22H26O5/c1-22-8-7-14-13-6-4-12(23)9-11(13)3-5-15(14)17(22)10-16-18(20(24)26-2)21(25)27-19(16)22/h4,6,9,14-19,23H,3,5,7-8,10H2,1-2H3/t14-,15-,16-,17+,18?,19?,22+/m1/s1. The Morgan fingerprint density at radius 2 is 2.11 bits per heavy atom. The van der Waals surface area contributed by atoms with E-state index >= 15 is 0 Å². The number of hydrogen-bond donors (Lipinski definition) is 1. The minimum Gasteiger partial charge on any atom is -0.508 e. The van der Waals surface area contributed by atoms with Gasteiger partial charge in [0.1, 0.15) is 11.9 Å². The number of rotatable bonds is 1. The Hall–Kier alpha value is -2.04. The van der Waals surface area contributed by atoms with Crippen LogP contribution < -0.4 is 0 Å². The van der Waals surface area contributed by atoms with E-state index in [9.17, 15) is 14.7 Å². The Morgan fingerprint density at radius 1 is 1.30 bits per heavy atom. The zero-order chi connectivity index (χ0) is 18.9. The molecule has 1 heterocycles. The number of phenols is 1. The molecule has 5 nitrogen and oxygen atoms in total. The number of aryl methyl sites for hydroxylation is 1. The van der Waals surface area contributed by atoms with Gasteiger partial charge in [0.25, 0.3) is 0 Å². The molecule has 0 aromatic heterocycles. The Bertz CT molecular complexity index is 817. The molecular weight excluding hydrogens is 344 g/mol.